The Labute approximate surface area is 145 Å². The van der Waals surface area contributed by atoms with Crippen LogP contribution in [-0.2, 0) is 13.6 Å². The number of nitrogens with one attached hydrogen (secondary N) is 1. The van der Waals surface area contributed by atoms with E-state index in [1.165, 1.54) is 10.9 Å². The lowest BCUT2D eigenvalue weighted by molar-refractivity contribution is 0.0939. The standard InChI is InChI=1S/C16H23FN6O2/c1-9-10(2)25-14(21-9)8-23-7-11(17)4-12(23)5-19-16(24)13-6-20-22(3)15(13)18/h6,11-12H,4-5,7-8,18H2,1-3H3,(H,19,24)/t11-,12-/m0/s1. The number of anilines is 1. The molecule has 2 atom stereocenters. The molecule has 25 heavy (non-hydrogen) atoms. The Balaban J connectivity index is 1.61. The van der Waals surface area contributed by atoms with Gasteiger partial charge in [-0.15, -0.1) is 0 Å². The first-order valence-electron chi connectivity index (χ1n) is 8.21. The summed E-state index contributed by atoms with van der Waals surface area (Å²) >= 11 is 0. The SMILES string of the molecule is Cc1nc(CN2C[C@@H](F)C[C@H]2CNC(=O)c2cnn(C)c2N)oc1C. The summed E-state index contributed by atoms with van der Waals surface area (Å²) < 4.78 is 20.9. The lowest BCUT2D eigenvalue weighted by Crippen LogP contribution is -2.40. The number of halogens is 1. The van der Waals surface area contributed by atoms with Crippen LogP contribution in [0.15, 0.2) is 10.6 Å². The topological polar surface area (TPSA) is 102 Å². The Morgan fingerprint density at radius 1 is 1.52 bits per heavy atom. The smallest absolute Gasteiger partial charge is 0.256 e. The predicted octanol–water partition coefficient (Wildman–Crippen LogP) is 0.950. The van der Waals surface area contributed by atoms with E-state index in [9.17, 15) is 9.18 Å². The third-order valence-electron chi connectivity index (χ3n) is 4.62. The highest BCUT2D eigenvalue weighted by molar-refractivity contribution is 5.98. The fourth-order valence-electron chi connectivity index (χ4n) is 3.04. The molecule has 0 spiro atoms. The summed E-state index contributed by atoms with van der Waals surface area (Å²) in [5.41, 5.74) is 6.96. The van der Waals surface area contributed by atoms with Crippen LogP contribution in [0.4, 0.5) is 10.2 Å². The van der Waals surface area contributed by atoms with Gasteiger partial charge in [-0.1, -0.05) is 0 Å². The number of alkyl halides is 1. The molecule has 0 bridgehead atoms. The molecule has 1 aliphatic heterocycles. The molecular weight excluding hydrogens is 327 g/mol. The number of hydrogen-bond donors (Lipinski definition) is 2. The molecule has 0 aromatic carbocycles. The lowest BCUT2D eigenvalue weighted by atomic mass is 10.2. The van der Waals surface area contributed by atoms with Crippen LogP contribution >= 0.6 is 0 Å². The molecule has 1 saturated heterocycles. The normalized spacial score (nSPS) is 21.0. The third kappa shape index (κ3) is 3.65. The number of likely N-dealkylation sites (tertiary alicyclic amines) is 1. The summed E-state index contributed by atoms with van der Waals surface area (Å²) in [7, 11) is 1.67. The van der Waals surface area contributed by atoms with Crippen molar-refractivity contribution in [1.29, 1.82) is 0 Å². The van der Waals surface area contributed by atoms with Crippen LogP contribution in [-0.4, -0.2) is 50.9 Å². The van der Waals surface area contributed by atoms with Gasteiger partial charge in [0.15, 0.2) is 0 Å². The van der Waals surface area contributed by atoms with Crippen LogP contribution in [0.2, 0.25) is 0 Å². The van der Waals surface area contributed by atoms with Crippen molar-refractivity contribution in [3.05, 3.63) is 29.1 Å². The number of oxazole rings is 1. The highest BCUT2D eigenvalue weighted by Gasteiger charge is 2.33. The predicted molar refractivity (Wildman–Crippen MR) is 89.6 cm³/mol. The Bertz CT molecular complexity index is 751. The number of nitrogen functional groups attached to an aromatic ring is 1. The van der Waals surface area contributed by atoms with Crippen LogP contribution in [0.5, 0.6) is 0 Å². The first kappa shape index (κ1) is 17.4. The molecule has 3 N–H and O–H groups in total. The second kappa shape index (κ2) is 6.83. The molecule has 1 aliphatic rings. The summed E-state index contributed by atoms with van der Waals surface area (Å²) in [5, 5.41) is 6.77. The van der Waals surface area contributed by atoms with Gasteiger partial charge >= 0.3 is 0 Å². The highest BCUT2D eigenvalue weighted by Crippen LogP contribution is 2.23. The van der Waals surface area contributed by atoms with Gasteiger partial charge in [-0.25, -0.2) is 9.37 Å². The molecule has 2 aromatic rings. The molecule has 136 valence electrons. The maximum Gasteiger partial charge on any atom is 0.256 e. The van der Waals surface area contributed by atoms with E-state index in [-0.39, 0.29) is 11.9 Å². The van der Waals surface area contributed by atoms with Gasteiger partial charge in [0.1, 0.15) is 23.3 Å². The highest BCUT2D eigenvalue weighted by atomic mass is 19.1. The van der Waals surface area contributed by atoms with E-state index in [1.807, 2.05) is 18.7 Å². The maximum absolute atomic E-state index is 13.9. The summed E-state index contributed by atoms with van der Waals surface area (Å²) in [5.74, 6) is 1.32. The summed E-state index contributed by atoms with van der Waals surface area (Å²) in [6.07, 6.45) is 0.858. The molecule has 0 unspecified atom stereocenters. The molecule has 1 amide bonds. The van der Waals surface area contributed by atoms with Gasteiger partial charge in [0.05, 0.1) is 18.4 Å². The summed E-state index contributed by atoms with van der Waals surface area (Å²) in [6.45, 7) is 4.77. The second-order valence-electron chi connectivity index (χ2n) is 6.44. The molecule has 0 radical (unpaired) electrons. The summed E-state index contributed by atoms with van der Waals surface area (Å²) in [4.78, 5) is 18.5. The Kier molecular flexibility index (Phi) is 4.76. The number of nitrogens with zero attached hydrogens (tertiary/aromatic N) is 4. The molecule has 1 fully saturated rings. The zero-order valence-corrected chi connectivity index (χ0v) is 14.6. The van der Waals surface area contributed by atoms with Crippen molar-refractivity contribution in [3.8, 4) is 0 Å². The van der Waals surface area contributed by atoms with E-state index in [2.05, 4.69) is 15.4 Å². The first-order valence-corrected chi connectivity index (χ1v) is 8.21. The minimum Gasteiger partial charge on any atom is -0.444 e. The van der Waals surface area contributed by atoms with Crippen LogP contribution in [0.1, 0.15) is 34.1 Å². The Morgan fingerprint density at radius 3 is 2.88 bits per heavy atom. The van der Waals surface area contributed by atoms with Crippen molar-refractivity contribution in [2.75, 3.05) is 18.8 Å². The van der Waals surface area contributed by atoms with Gasteiger partial charge in [0, 0.05) is 26.2 Å². The molecule has 8 nitrogen and oxygen atoms in total. The molecule has 9 heteroatoms. The molecule has 3 heterocycles. The minimum absolute atomic E-state index is 0.121. The second-order valence-corrected chi connectivity index (χ2v) is 6.44. The third-order valence-corrected chi connectivity index (χ3v) is 4.62. The number of amides is 1. The molecule has 3 rings (SSSR count). The fraction of sp³-hybridized carbons (Fsp3) is 0.562. The number of aryl methyl sites for hydroxylation is 3. The number of aromatic nitrogens is 3. The first-order chi connectivity index (χ1) is 11.8. The van der Waals surface area contributed by atoms with E-state index in [0.717, 1.165) is 11.5 Å². The number of rotatable bonds is 5. The molecule has 2 aromatic heterocycles. The summed E-state index contributed by atoms with van der Waals surface area (Å²) in [6, 6.07) is -0.121. The average Bonchev–Trinajstić information content (AvgIpc) is 3.17. The van der Waals surface area contributed by atoms with Crippen LogP contribution < -0.4 is 11.1 Å². The molecule has 0 saturated carbocycles. The van der Waals surface area contributed by atoms with E-state index >= 15 is 0 Å². The van der Waals surface area contributed by atoms with Gasteiger partial charge in [-0.3, -0.25) is 14.4 Å². The number of carbonyl (C=O) groups excluding carboxylic acids is 1. The lowest BCUT2D eigenvalue weighted by Gasteiger charge is -2.22. The number of carbonyl (C=O) groups is 1. The zero-order chi connectivity index (χ0) is 18.1. The van der Waals surface area contributed by atoms with Gasteiger partial charge in [-0.2, -0.15) is 5.10 Å². The van der Waals surface area contributed by atoms with Crippen LogP contribution in [0.3, 0.4) is 0 Å². The molecule has 0 aliphatic carbocycles. The van der Waals surface area contributed by atoms with Gasteiger partial charge in [-0.05, 0) is 20.3 Å². The van der Waals surface area contributed by atoms with Crippen molar-refractivity contribution in [3.63, 3.8) is 0 Å². The minimum atomic E-state index is -0.928. The van der Waals surface area contributed by atoms with E-state index in [0.29, 0.717) is 43.3 Å². The monoisotopic (exact) mass is 350 g/mol. The van der Waals surface area contributed by atoms with Gasteiger partial charge in [0.2, 0.25) is 5.89 Å². The molecular formula is C16H23FN6O2. The number of hydrogen-bond acceptors (Lipinski definition) is 6. The van der Waals surface area contributed by atoms with E-state index < -0.39 is 6.17 Å². The van der Waals surface area contributed by atoms with Crippen LogP contribution in [0, 0.1) is 13.8 Å². The van der Waals surface area contributed by atoms with Crippen molar-refractivity contribution in [1.82, 2.24) is 25.0 Å². The van der Waals surface area contributed by atoms with Crippen molar-refractivity contribution < 1.29 is 13.6 Å². The van der Waals surface area contributed by atoms with E-state index in [1.54, 1.807) is 7.05 Å². The largest absolute Gasteiger partial charge is 0.444 e. The fourth-order valence-corrected chi connectivity index (χ4v) is 3.04. The Hall–Kier alpha value is -2.42. The zero-order valence-electron chi connectivity index (χ0n) is 14.6. The van der Waals surface area contributed by atoms with Crippen molar-refractivity contribution in [2.24, 2.45) is 7.05 Å². The van der Waals surface area contributed by atoms with Crippen LogP contribution in [0.25, 0.3) is 0 Å². The quantitative estimate of drug-likeness (QED) is 0.832. The Morgan fingerprint density at radius 2 is 2.28 bits per heavy atom. The van der Waals surface area contributed by atoms with Gasteiger partial charge < -0.3 is 15.5 Å². The van der Waals surface area contributed by atoms with Gasteiger partial charge in [0.25, 0.3) is 5.91 Å². The maximum atomic E-state index is 13.9. The van der Waals surface area contributed by atoms with Crippen molar-refractivity contribution >= 4 is 11.7 Å². The van der Waals surface area contributed by atoms with E-state index in [4.69, 9.17) is 10.2 Å². The average molecular weight is 350 g/mol. The van der Waals surface area contributed by atoms with Crippen molar-refractivity contribution in [2.45, 2.75) is 39.0 Å². The number of nitrogens with two attached hydrogens (primary N) is 1.